The molecule has 0 unspecified atom stereocenters. The van der Waals surface area contributed by atoms with E-state index in [1.54, 1.807) is 23.5 Å². The standard InChI is InChI=1S/C7H12N2O2S2/c1-7(2)12-4-5(13-7)9-11-6(10)8-3/h4H2,1-3H3,(H,8,10)/b9-5-. The van der Waals surface area contributed by atoms with E-state index in [1.807, 2.05) is 0 Å². The second-order valence-corrected chi connectivity index (χ2v) is 6.46. The number of amides is 1. The molecular formula is C7H12N2O2S2. The predicted molar refractivity (Wildman–Crippen MR) is 57.1 cm³/mol. The number of thioether (sulfide) groups is 2. The van der Waals surface area contributed by atoms with Crippen molar-refractivity contribution in [1.82, 2.24) is 5.32 Å². The molecule has 0 aromatic heterocycles. The molecule has 0 bridgehead atoms. The van der Waals surface area contributed by atoms with Crippen molar-refractivity contribution in [2.45, 2.75) is 17.9 Å². The molecule has 1 aliphatic rings. The number of nitrogens with one attached hydrogen (secondary N) is 1. The van der Waals surface area contributed by atoms with E-state index >= 15 is 0 Å². The number of hydrogen-bond donors (Lipinski definition) is 1. The highest BCUT2D eigenvalue weighted by Gasteiger charge is 2.30. The Labute approximate surface area is 85.8 Å². The lowest BCUT2D eigenvalue weighted by molar-refractivity contribution is 0.153. The molecule has 1 N–H and O–H groups in total. The van der Waals surface area contributed by atoms with Gasteiger partial charge in [-0.2, -0.15) is 0 Å². The SMILES string of the molecule is CNC(=O)O/N=C1/CSC(C)(C)S1. The summed E-state index contributed by atoms with van der Waals surface area (Å²) in [6.45, 7) is 4.23. The number of rotatable bonds is 1. The lowest BCUT2D eigenvalue weighted by Gasteiger charge is -2.11. The maximum Gasteiger partial charge on any atom is 0.433 e. The smallest absolute Gasteiger partial charge is 0.323 e. The van der Waals surface area contributed by atoms with E-state index in [9.17, 15) is 4.79 Å². The summed E-state index contributed by atoms with van der Waals surface area (Å²) in [6.07, 6.45) is -0.525. The molecule has 0 spiro atoms. The molecular weight excluding hydrogens is 208 g/mol. The average molecular weight is 220 g/mol. The van der Waals surface area contributed by atoms with Crippen molar-refractivity contribution >= 4 is 34.7 Å². The Bertz CT molecular complexity index is 241. The number of carbonyl (C=O) groups excluding carboxylic acids is 1. The van der Waals surface area contributed by atoms with Gasteiger partial charge in [-0.25, -0.2) is 4.79 Å². The maximum absolute atomic E-state index is 10.7. The van der Waals surface area contributed by atoms with Crippen LogP contribution in [0.1, 0.15) is 13.8 Å². The fraction of sp³-hybridized carbons (Fsp3) is 0.714. The Morgan fingerprint density at radius 1 is 1.69 bits per heavy atom. The second-order valence-electron chi connectivity index (χ2n) is 2.90. The lowest BCUT2D eigenvalue weighted by atomic mass is 10.5. The van der Waals surface area contributed by atoms with Crippen molar-refractivity contribution in [2.75, 3.05) is 12.8 Å². The van der Waals surface area contributed by atoms with Gasteiger partial charge in [-0.3, -0.25) is 4.84 Å². The molecule has 1 heterocycles. The molecule has 0 radical (unpaired) electrons. The highest BCUT2D eigenvalue weighted by atomic mass is 32.2. The van der Waals surface area contributed by atoms with E-state index in [0.29, 0.717) is 0 Å². The zero-order valence-electron chi connectivity index (χ0n) is 7.79. The minimum Gasteiger partial charge on any atom is -0.323 e. The number of hydrogen-bond acceptors (Lipinski definition) is 5. The normalized spacial score (nSPS) is 23.2. The molecule has 4 nitrogen and oxygen atoms in total. The van der Waals surface area contributed by atoms with E-state index in [4.69, 9.17) is 0 Å². The monoisotopic (exact) mass is 220 g/mol. The summed E-state index contributed by atoms with van der Waals surface area (Å²) in [7, 11) is 1.50. The Morgan fingerprint density at radius 3 is 2.85 bits per heavy atom. The molecule has 1 fully saturated rings. The van der Waals surface area contributed by atoms with Crippen molar-refractivity contribution in [2.24, 2.45) is 5.16 Å². The van der Waals surface area contributed by atoms with Gasteiger partial charge in [0, 0.05) is 12.8 Å². The zero-order chi connectivity index (χ0) is 9.90. The summed E-state index contributed by atoms with van der Waals surface area (Å²) in [5.74, 6) is 0.814. The highest BCUT2D eigenvalue weighted by Crippen LogP contribution is 2.44. The van der Waals surface area contributed by atoms with Gasteiger partial charge in [-0.15, -0.1) is 11.8 Å². The van der Waals surface area contributed by atoms with Gasteiger partial charge in [-0.05, 0) is 13.8 Å². The minimum atomic E-state index is -0.525. The fourth-order valence-corrected chi connectivity index (χ4v) is 3.04. The van der Waals surface area contributed by atoms with Crippen LogP contribution >= 0.6 is 23.5 Å². The summed E-state index contributed by atoms with van der Waals surface area (Å²) in [4.78, 5) is 15.2. The predicted octanol–water partition coefficient (Wildman–Crippen LogP) is 1.87. The van der Waals surface area contributed by atoms with Gasteiger partial charge in [0.05, 0.1) is 4.08 Å². The van der Waals surface area contributed by atoms with Crippen molar-refractivity contribution in [3.8, 4) is 0 Å². The molecule has 1 saturated heterocycles. The van der Waals surface area contributed by atoms with E-state index in [0.717, 1.165) is 10.8 Å². The van der Waals surface area contributed by atoms with Crippen molar-refractivity contribution in [3.63, 3.8) is 0 Å². The lowest BCUT2D eigenvalue weighted by Crippen LogP contribution is -2.17. The quantitative estimate of drug-likeness (QED) is 0.541. The summed E-state index contributed by atoms with van der Waals surface area (Å²) in [5, 5.41) is 6.92. The Balaban J connectivity index is 2.42. The van der Waals surface area contributed by atoms with Gasteiger partial charge in [-0.1, -0.05) is 16.9 Å². The van der Waals surface area contributed by atoms with Gasteiger partial charge >= 0.3 is 6.09 Å². The van der Waals surface area contributed by atoms with Gasteiger partial charge in [0.2, 0.25) is 0 Å². The molecule has 74 valence electrons. The highest BCUT2D eigenvalue weighted by molar-refractivity contribution is 8.31. The van der Waals surface area contributed by atoms with Crippen LogP contribution in [0.5, 0.6) is 0 Å². The largest absolute Gasteiger partial charge is 0.433 e. The van der Waals surface area contributed by atoms with Gasteiger partial charge in [0.1, 0.15) is 5.04 Å². The van der Waals surface area contributed by atoms with Gasteiger partial charge in [0.25, 0.3) is 0 Å². The van der Waals surface area contributed by atoms with Crippen molar-refractivity contribution < 1.29 is 9.63 Å². The van der Waals surface area contributed by atoms with Crippen LogP contribution in [-0.2, 0) is 4.84 Å². The third-order valence-corrected chi connectivity index (χ3v) is 4.19. The fourth-order valence-electron chi connectivity index (χ4n) is 0.761. The first-order valence-corrected chi connectivity index (χ1v) is 5.62. The van der Waals surface area contributed by atoms with Crippen LogP contribution in [0.2, 0.25) is 0 Å². The summed E-state index contributed by atoms with van der Waals surface area (Å²) >= 11 is 3.42. The topological polar surface area (TPSA) is 50.7 Å². The van der Waals surface area contributed by atoms with Crippen LogP contribution < -0.4 is 5.32 Å². The summed E-state index contributed by atoms with van der Waals surface area (Å²) < 4.78 is 0.144. The van der Waals surface area contributed by atoms with Gasteiger partial charge < -0.3 is 5.32 Å². The second kappa shape index (κ2) is 4.23. The van der Waals surface area contributed by atoms with Gasteiger partial charge in [0.15, 0.2) is 0 Å². The Hall–Kier alpha value is -0.360. The number of carbonyl (C=O) groups is 1. The van der Waals surface area contributed by atoms with Crippen LogP contribution in [-0.4, -0.2) is 28.0 Å². The third kappa shape index (κ3) is 3.48. The first-order chi connectivity index (χ1) is 6.03. The zero-order valence-corrected chi connectivity index (χ0v) is 9.42. The number of nitrogens with zero attached hydrogens (tertiary/aromatic N) is 1. The summed E-state index contributed by atoms with van der Waals surface area (Å²) in [6, 6.07) is 0. The van der Waals surface area contributed by atoms with E-state index in [1.165, 1.54) is 7.05 Å². The maximum atomic E-state index is 10.7. The van der Waals surface area contributed by atoms with E-state index < -0.39 is 6.09 Å². The van der Waals surface area contributed by atoms with Crippen LogP contribution in [0.3, 0.4) is 0 Å². The van der Waals surface area contributed by atoms with Crippen LogP contribution in [0, 0.1) is 0 Å². The molecule has 13 heavy (non-hydrogen) atoms. The minimum absolute atomic E-state index is 0.144. The molecule has 0 aliphatic carbocycles. The molecule has 1 rings (SSSR count). The molecule has 0 saturated carbocycles. The molecule has 0 atom stereocenters. The van der Waals surface area contributed by atoms with Crippen LogP contribution in [0.25, 0.3) is 0 Å². The van der Waals surface area contributed by atoms with Crippen LogP contribution in [0.4, 0.5) is 4.79 Å². The molecule has 0 aromatic carbocycles. The van der Waals surface area contributed by atoms with Crippen LogP contribution in [0.15, 0.2) is 5.16 Å². The molecule has 6 heteroatoms. The van der Waals surface area contributed by atoms with Crippen molar-refractivity contribution in [3.05, 3.63) is 0 Å². The average Bonchev–Trinajstić information content (AvgIpc) is 2.41. The van der Waals surface area contributed by atoms with E-state index in [2.05, 4.69) is 29.2 Å². The third-order valence-electron chi connectivity index (χ3n) is 1.34. The first-order valence-electron chi connectivity index (χ1n) is 3.82. The molecule has 1 amide bonds. The van der Waals surface area contributed by atoms with Crippen molar-refractivity contribution in [1.29, 1.82) is 0 Å². The first kappa shape index (κ1) is 10.7. The Morgan fingerprint density at radius 2 is 2.38 bits per heavy atom. The molecule has 0 aromatic rings. The summed E-state index contributed by atoms with van der Waals surface area (Å²) in [5.41, 5.74) is 0. The number of oxime groups is 1. The Kier molecular flexibility index (Phi) is 3.49. The molecule has 1 aliphatic heterocycles. The van der Waals surface area contributed by atoms with E-state index in [-0.39, 0.29) is 4.08 Å².